The molecule has 26 heavy (non-hydrogen) atoms. The van der Waals surface area contributed by atoms with E-state index in [4.69, 9.17) is 10.00 Å². The second-order valence-electron chi connectivity index (χ2n) is 5.76. The minimum absolute atomic E-state index is 0.280. The summed E-state index contributed by atoms with van der Waals surface area (Å²) in [5, 5.41) is 11.9. The number of fused-ring (bicyclic) bond motifs is 1. The molecule has 0 atom stereocenters. The Morgan fingerprint density at radius 2 is 1.96 bits per heavy atom. The van der Waals surface area contributed by atoms with E-state index in [1.54, 1.807) is 0 Å². The molecule has 1 amide bonds. The Morgan fingerprint density at radius 3 is 2.65 bits per heavy atom. The smallest absolute Gasteiger partial charge is 0.338 e. The molecule has 6 nitrogen and oxygen atoms in total. The van der Waals surface area contributed by atoms with Crippen LogP contribution in [-0.4, -0.2) is 23.5 Å². The second-order valence-corrected chi connectivity index (χ2v) is 6.79. The number of nitrogens with one attached hydrogen (secondary N) is 1. The number of thiazole rings is 1. The monoisotopic (exact) mass is 365 g/mol. The SMILES string of the molecule is Cc1cc(C)c2nc(NC(=O)COC(=O)c3ccc(C#N)cc3)sc2c1. The van der Waals surface area contributed by atoms with Crippen LogP contribution in [0.25, 0.3) is 10.2 Å². The summed E-state index contributed by atoms with van der Waals surface area (Å²) in [7, 11) is 0. The average Bonchev–Trinajstić information content (AvgIpc) is 3.02. The van der Waals surface area contributed by atoms with E-state index in [1.165, 1.54) is 35.6 Å². The Balaban J connectivity index is 1.61. The number of esters is 1. The van der Waals surface area contributed by atoms with Crippen LogP contribution in [0.15, 0.2) is 36.4 Å². The summed E-state index contributed by atoms with van der Waals surface area (Å²) in [5.74, 6) is -1.08. The van der Waals surface area contributed by atoms with Gasteiger partial charge in [0.05, 0.1) is 27.4 Å². The summed E-state index contributed by atoms with van der Waals surface area (Å²) in [6.07, 6.45) is 0. The van der Waals surface area contributed by atoms with Gasteiger partial charge < -0.3 is 4.74 Å². The maximum atomic E-state index is 12.0. The number of carbonyl (C=O) groups excluding carboxylic acids is 2. The fourth-order valence-electron chi connectivity index (χ4n) is 2.47. The van der Waals surface area contributed by atoms with Gasteiger partial charge >= 0.3 is 5.97 Å². The highest BCUT2D eigenvalue weighted by atomic mass is 32.1. The molecule has 0 aliphatic rings. The maximum Gasteiger partial charge on any atom is 0.338 e. The molecule has 130 valence electrons. The Labute approximate surface area is 154 Å². The van der Waals surface area contributed by atoms with Gasteiger partial charge in [0.25, 0.3) is 5.91 Å². The van der Waals surface area contributed by atoms with Gasteiger partial charge in [0.1, 0.15) is 0 Å². The molecule has 1 N–H and O–H groups in total. The van der Waals surface area contributed by atoms with Gasteiger partial charge in [-0.1, -0.05) is 17.4 Å². The number of hydrogen-bond acceptors (Lipinski definition) is 6. The number of aromatic nitrogens is 1. The molecule has 0 saturated heterocycles. The molecule has 3 rings (SSSR count). The maximum absolute atomic E-state index is 12.0. The van der Waals surface area contributed by atoms with Crippen molar-refractivity contribution in [3.05, 3.63) is 58.7 Å². The zero-order valence-electron chi connectivity index (χ0n) is 14.2. The number of ether oxygens (including phenoxy) is 1. The molecule has 0 bridgehead atoms. The average molecular weight is 365 g/mol. The van der Waals surface area contributed by atoms with Gasteiger partial charge in [0, 0.05) is 0 Å². The molecular weight excluding hydrogens is 350 g/mol. The van der Waals surface area contributed by atoms with Crippen LogP contribution >= 0.6 is 11.3 Å². The first kappa shape index (κ1) is 17.6. The number of aryl methyl sites for hydroxylation is 2. The van der Waals surface area contributed by atoms with Crippen LogP contribution in [0.2, 0.25) is 0 Å². The number of rotatable bonds is 4. The number of nitrogens with zero attached hydrogens (tertiary/aromatic N) is 2. The van der Waals surface area contributed by atoms with Crippen LogP contribution in [0.5, 0.6) is 0 Å². The Morgan fingerprint density at radius 1 is 1.23 bits per heavy atom. The van der Waals surface area contributed by atoms with Gasteiger partial charge in [0.15, 0.2) is 11.7 Å². The van der Waals surface area contributed by atoms with Crippen molar-refractivity contribution in [3.63, 3.8) is 0 Å². The fourth-order valence-corrected chi connectivity index (χ4v) is 3.53. The van der Waals surface area contributed by atoms with Crippen LogP contribution in [0.3, 0.4) is 0 Å². The summed E-state index contributed by atoms with van der Waals surface area (Å²) < 4.78 is 5.99. The number of benzene rings is 2. The predicted molar refractivity (Wildman–Crippen MR) is 99.2 cm³/mol. The Kier molecular flexibility index (Phi) is 4.96. The highest BCUT2D eigenvalue weighted by Crippen LogP contribution is 2.29. The molecule has 0 aliphatic carbocycles. The van der Waals surface area contributed by atoms with E-state index in [1.807, 2.05) is 32.0 Å². The van der Waals surface area contributed by atoms with Crippen molar-refractivity contribution in [2.75, 3.05) is 11.9 Å². The highest BCUT2D eigenvalue weighted by Gasteiger charge is 2.13. The molecule has 0 spiro atoms. The van der Waals surface area contributed by atoms with E-state index in [-0.39, 0.29) is 5.56 Å². The molecule has 7 heteroatoms. The standard InChI is InChI=1S/C19H15N3O3S/c1-11-7-12(2)17-15(8-11)26-19(22-17)21-16(23)10-25-18(24)14-5-3-13(9-20)4-6-14/h3-8H,10H2,1-2H3,(H,21,22,23). The van der Waals surface area contributed by atoms with Crippen molar-refractivity contribution in [1.29, 1.82) is 5.26 Å². The molecule has 0 aliphatic heterocycles. The Bertz CT molecular complexity index is 1030. The van der Waals surface area contributed by atoms with E-state index in [0.29, 0.717) is 10.7 Å². The number of anilines is 1. The molecule has 2 aromatic carbocycles. The van der Waals surface area contributed by atoms with Gasteiger partial charge in [0.2, 0.25) is 0 Å². The van der Waals surface area contributed by atoms with E-state index in [2.05, 4.69) is 10.3 Å². The Hall–Kier alpha value is -3.24. The third-order valence-electron chi connectivity index (χ3n) is 3.66. The van der Waals surface area contributed by atoms with Gasteiger partial charge in [-0.05, 0) is 55.3 Å². The van der Waals surface area contributed by atoms with Crippen molar-refractivity contribution in [2.45, 2.75) is 13.8 Å². The van der Waals surface area contributed by atoms with Crippen molar-refractivity contribution >= 4 is 38.6 Å². The quantitative estimate of drug-likeness (QED) is 0.714. The first-order valence-electron chi connectivity index (χ1n) is 7.81. The topological polar surface area (TPSA) is 92.1 Å². The third-order valence-corrected chi connectivity index (χ3v) is 4.58. The lowest BCUT2D eigenvalue weighted by atomic mass is 10.1. The molecular formula is C19H15N3O3S. The first-order chi connectivity index (χ1) is 12.5. The van der Waals surface area contributed by atoms with E-state index >= 15 is 0 Å². The summed E-state index contributed by atoms with van der Waals surface area (Å²) in [4.78, 5) is 28.4. The summed E-state index contributed by atoms with van der Waals surface area (Å²) in [5.41, 5.74) is 3.76. The lowest BCUT2D eigenvalue weighted by Crippen LogP contribution is -2.20. The molecule has 1 aromatic heterocycles. The lowest BCUT2D eigenvalue weighted by Gasteiger charge is -2.04. The van der Waals surface area contributed by atoms with E-state index < -0.39 is 18.5 Å². The zero-order valence-corrected chi connectivity index (χ0v) is 15.0. The van der Waals surface area contributed by atoms with Gasteiger partial charge in [-0.3, -0.25) is 10.1 Å². The lowest BCUT2D eigenvalue weighted by molar-refractivity contribution is -0.119. The van der Waals surface area contributed by atoms with Crippen molar-refractivity contribution in [2.24, 2.45) is 0 Å². The van der Waals surface area contributed by atoms with Crippen molar-refractivity contribution in [3.8, 4) is 6.07 Å². The number of nitriles is 1. The number of amides is 1. The minimum atomic E-state index is -0.625. The largest absolute Gasteiger partial charge is 0.452 e. The molecule has 3 aromatic rings. The van der Waals surface area contributed by atoms with Crippen molar-refractivity contribution < 1.29 is 14.3 Å². The normalized spacial score (nSPS) is 10.3. The first-order valence-corrected chi connectivity index (χ1v) is 8.63. The molecule has 0 fully saturated rings. The summed E-state index contributed by atoms with van der Waals surface area (Å²) >= 11 is 1.37. The molecule has 0 radical (unpaired) electrons. The predicted octanol–water partition coefficient (Wildman–Crippen LogP) is 3.58. The number of carbonyl (C=O) groups is 2. The van der Waals surface area contributed by atoms with Crippen molar-refractivity contribution in [1.82, 2.24) is 4.98 Å². The highest BCUT2D eigenvalue weighted by molar-refractivity contribution is 7.22. The third kappa shape index (κ3) is 3.87. The second kappa shape index (κ2) is 7.33. The van der Waals surface area contributed by atoms with Crippen LogP contribution in [0, 0.1) is 25.2 Å². The zero-order chi connectivity index (χ0) is 18.7. The van der Waals surface area contributed by atoms with Gasteiger partial charge in [-0.25, -0.2) is 9.78 Å². The van der Waals surface area contributed by atoms with Gasteiger partial charge in [-0.2, -0.15) is 5.26 Å². The summed E-state index contributed by atoms with van der Waals surface area (Å²) in [6, 6.07) is 12.0. The minimum Gasteiger partial charge on any atom is -0.452 e. The number of hydrogen-bond donors (Lipinski definition) is 1. The van der Waals surface area contributed by atoms with Gasteiger partial charge in [-0.15, -0.1) is 0 Å². The molecule has 1 heterocycles. The van der Waals surface area contributed by atoms with E-state index in [9.17, 15) is 9.59 Å². The van der Waals surface area contributed by atoms with Crippen LogP contribution in [-0.2, 0) is 9.53 Å². The molecule has 0 unspecified atom stereocenters. The van der Waals surface area contributed by atoms with E-state index in [0.717, 1.165) is 21.3 Å². The fraction of sp³-hybridized carbons (Fsp3) is 0.158. The van der Waals surface area contributed by atoms with Crippen LogP contribution in [0.4, 0.5) is 5.13 Å². The van der Waals surface area contributed by atoms with Crippen LogP contribution < -0.4 is 5.32 Å². The summed E-state index contributed by atoms with van der Waals surface area (Å²) in [6.45, 7) is 3.57. The molecule has 0 saturated carbocycles. The van der Waals surface area contributed by atoms with Crippen LogP contribution in [0.1, 0.15) is 27.0 Å².